The molecule has 0 fully saturated rings. The molecule has 0 aromatic carbocycles. The molecule has 0 saturated carbocycles. The van der Waals surface area contributed by atoms with Gasteiger partial charge in [0.2, 0.25) is 6.41 Å². The van der Waals surface area contributed by atoms with Gasteiger partial charge in [0.25, 0.3) is 0 Å². The average Bonchev–Trinajstić information content (AvgIpc) is 2.11. The molecule has 1 atom stereocenters. The average molecular weight is 183 g/mol. The van der Waals surface area contributed by atoms with E-state index in [1.807, 2.05) is 0 Å². The first-order valence-corrected chi connectivity index (χ1v) is 3.35. The second-order valence-electron chi connectivity index (χ2n) is 2.42. The molecule has 0 bridgehead atoms. The van der Waals surface area contributed by atoms with Crippen molar-refractivity contribution in [3.8, 4) is 6.07 Å². The molecule has 7 nitrogen and oxygen atoms in total. The zero-order valence-electron chi connectivity index (χ0n) is 7.02. The number of primary amides is 1. The lowest BCUT2D eigenvalue weighted by molar-refractivity contribution is -0.109. The van der Waals surface area contributed by atoms with Gasteiger partial charge < -0.3 is 11.1 Å². The van der Waals surface area contributed by atoms with Crippen molar-refractivity contribution in [1.29, 1.82) is 5.26 Å². The molecule has 0 aliphatic rings. The number of nitriles is 1. The number of hydrogen-bond donors (Lipinski definition) is 2. The van der Waals surface area contributed by atoms with Crippen LogP contribution in [0.4, 0.5) is 4.79 Å². The van der Waals surface area contributed by atoms with E-state index in [4.69, 9.17) is 5.26 Å². The highest BCUT2D eigenvalue weighted by molar-refractivity contribution is 5.71. The Hall–Kier alpha value is -1.97. The second-order valence-corrected chi connectivity index (χ2v) is 2.42. The maximum atomic E-state index is 10.2. The topological polar surface area (TPSA) is 121 Å². The summed E-state index contributed by atoms with van der Waals surface area (Å²) in [4.78, 5) is 20.1. The zero-order valence-corrected chi connectivity index (χ0v) is 7.02. The standard InChI is InChI=1S/C6H9N5O2/c1-6(2-7,3-9-4-12)11-10-5(8)13/h4H,3H2,1H3,(H2,8,13)(H,9,12). The molecule has 7 heteroatoms. The summed E-state index contributed by atoms with van der Waals surface area (Å²) in [5, 5.41) is 17.3. The molecule has 0 rings (SSSR count). The zero-order chi connectivity index (χ0) is 10.3. The van der Waals surface area contributed by atoms with E-state index in [1.54, 1.807) is 6.07 Å². The third-order valence-electron chi connectivity index (χ3n) is 1.14. The summed E-state index contributed by atoms with van der Waals surface area (Å²) in [6, 6.07) is 0.800. The van der Waals surface area contributed by atoms with Crippen molar-refractivity contribution >= 4 is 12.4 Å². The van der Waals surface area contributed by atoms with E-state index >= 15 is 0 Å². The van der Waals surface area contributed by atoms with E-state index in [0.717, 1.165) is 0 Å². The van der Waals surface area contributed by atoms with E-state index < -0.39 is 11.6 Å². The number of azo groups is 1. The molecule has 3 N–H and O–H groups in total. The number of amides is 3. The molecule has 0 saturated heterocycles. The van der Waals surface area contributed by atoms with Crippen LogP contribution >= 0.6 is 0 Å². The van der Waals surface area contributed by atoms with Gasteiger partial charge in [-0.1, -0.05) is 5.11 Å². The Morgan fingerprint density at radius 2 is 2.46 bits per heavy atom. The number of nitrogens with zero attached hydrogens (tertiary/aromatic N) is 3. The lowest BCUT2D eigenvalue weighted by Crippen LogP contribution is -2.34. The highest BCUT2D eigenvalue weighted by atomic mass is 16.2. The summed E-state index contributed by atoms with van der Waals surface area (Å²) in [5.41, 5.74) is 3.43. The van der Waals surface area contributed by atoms with Crippen LogP contribution in [-0.4, -0.2) is 24.5 Å². The highest BCUT2D eigenvalue weighted by Gasteiger charge is 2.22. The number of carbonyl (C=O) groups excluding carboxylic acids is 2. The minimum absolute atomic E-state index is 0.0240. The number of nitrogens with two attached hydrogens (primary N) is 1. The van der Waals surface area contributed by atoms with E-state index in [-0.39, 0.29) is 6.54 Å². The fourth-order valence-corrected chi connectivity index (χ4v) is 0.497. The Labute approximate surface area is 74.6 Å². The molecule has 0 spiro atoms. The molecule has 13 heavy (non-hydrogen) atoms. The summed E-state index contributed by atoms with van der Waals surface area (Å²) in [7, 11) is 0. The van der Waals surface area contributed by atoms with Gasteiger partial charge in [-0.05, 0) is 6.92 Å². The fraction of sp³-hybridized carbons (Fsp3) is 0.500. The molecule has 0 radical (unpaired) electrons. The van der Waals surface area contributed by atoms with Gasteiger partial charge >= 0.3 is 6.03 Å². The first-order chi connectivity index (χ1) is 6.04. The van der Waals surface area contributed by atoms with Crippen LogP contribution in [0.25, 0.3) is 0 Å². The Morgan fingerprint density at radius 1 is 1.85 bits per heavy atom. The van der Waals surface area contributed by atoms with Crippen LogP contribution in [0.15, 0.2) is 10.2 Å². The maximum absolute atomic E-state index is 10.2. The fourth-order valence-electron chi connectivity index (χ4n) is 0.497. The van der Waals surface area contributed by atoms with Gasteiger partial charge in [-0.25, -0.2) is 4.79 Å². The summed E-state index contributed by atoms with van der Waals surface area (Å²) < 4.78 is 0. The number of nitrogens with one attached hydrogen (secondary N) is 1. The van der Waals surface area contributed by atoms with Crippen LogP contribution in [0.3, 0.4) is 0 Å². The Bertz CT molecular complexity index is 269. The van der Waals surface area contributed by atoms with E-state index in [0.29, 0.717) is 6.41 Å². The van der Waals surface area contributed by atoms with Gasteiger partial charge in [-0.15, -0.1) is 0 Å². The van der Waals surface area contributed by atoms with Crippen LogP contribution in [0.1, 0.15) is 6.92 Å². The molecule has 1 unspecified atom stereocenters. The predicted octanol–water partition coefficient (Wildman–Crippen LogP) is -0.454. The number of rotatable bonds is 4. The van der Waals surface area contributed by atoms with Crippen LogP contribution in [-0.2, 0) is 4.79 Å². The molecular weight excluding hydrogens is 174 g/mol. The predicted molar refractivity (Wildman–Crippen MR) is 42.5 cm³/mol. The Balaban J connectivity index is 4.37. The van der Waals surface area contributed by atoms with Gasteiger partial charge in [0.1, 0.15) is 0 Å². The van der Waals surface area contributed by atoms with E-state index in [2.05, 4.69) is 21.3 Å². The van der Waals surface area contributed by atoms with Crippen LogP contribution in [0.2, 0.25) is 0 Å². The van der Waals surface area contributed by atoms with Crippen molar-refractivity contribution in [3.63, 3.8) is 0 Å². The summed E-state index contributed by atoms with van der Waals surface area (Å²) in [6.45, 7) is 1.39. The molecule has 0 aromatic heterocycles. The van der Waals surface area contributed by atoms with Crippen molar-refractivity contribution in [2.45, 2.75) is 12.5 Å². The first-order valence-electron chi connectivity index (χ1n) is 3.35. The third-order valence-corrected chi connectivity index (χ3v) is 1.14. The minimum atomic E-state index is -1.25. The number of carbonyl (C=O) groups is 2. The SMILES string of the molecule is CC(C#N)(CNC=O)N=NC(N)=O. The monoisotopic (exact) mass is 183 g/mol. The maximum Gasteiger partial charge on any atom is 0.356 e. The van der Waals surface area contributed by atoms with E-state index in [1.165, 1.54) is 6.92 Å². The van der Waals surface area contributed by atoms with E-state index in [9.17, 15) is 9.59 Å². The third kappa shape index (κ3) is 4.47. The van der Waals surface area contributed by atoms with Gasteiger partial charge in [0.15, 0.2) is 5.54 Å². The highest BCUT2D eigenvalue weighted by Crippen LogP contribution is 2.07. The van der Waals surface area contributed by atoms with Crippen molar-refractivity contribution in [1.82, 2.24) is 5.32 Å². The molecule has 0 aliphatic carbocycles. The van der Waals surface area contributed by atoms with Gasteiger partial charge in [-0.3, -0.25) is 4.79 Å². The van der Waals surface area contributed by atoms with Crippen molar-refractivity contribution in [2.75, 3.05) is 6.54 Å². The molecule has 0 heterocycles. The molecule has 0 aromatic rings. The minimum Gasteiger partial charge on any atom is -0.355 e. The summed E-state index contributed by atoms with van der Waals surface area (Å²) in [5.74, 6) is 0. The Kier molecular flexibility index (Phi) is 4.09. The van der Waals surface area contributed by atoms with Crippen LogP contribution in [0.5, 0.6) is 0 Å². The number of hydrogen-bond acceptors (Lipinski definition) is 4. The summed E-state index contributed by atoms with van der Waals surface area (Å²) >= 11 is 0. The summed E-state index contributed by atoms with van der Waals surface area (Å²) in [6.07, 6.45) is 0.426. The van der Waals surface area contributed by atoms with Gasteiger partial charge in [0, 0.05) is 0 Å². The Morgan fingerprint density at radius 3 is 2.85 bits per heavy atom. The second kappa shape index (κ2) is 4.82. The lowest BCUT2D eigenvalue weighted by Gasteiger charge is -2.12. The van der Waals surface area contributed by atoms with Crippen LogP contribution < -0.4 is 11.1 Å². The van der Waals surface area contributed by atoms with Crippen LogP contribution in [0, 0.1) is 11.3 Å². The van der Waals surface area contributed by atoms with Gasteiger partial charge in [-0.2, -0.15) is 10.4 Å². The van der Waals surface area contributed by atoms with Gasteiger partial charge in [0.05, 0.1) is 12.6 Å². The normalized spacial score (nSPS) is 14.5. The van der Waals surface area contributed by atoms with Crippen molar-refractivity contribution in [3.05, 3.63) is 0 Å². The largest absolute Gasteiger partial charge is 0.356 e. The molecule has 3 amide bonds. The molecular formula is C6H9N5O2. The number of urea groups is 1. The smallest absolute Gasteiger partial charge is 0.355 e. The first kappa shape index (κ1) is 11.0. The van der Waals surface area contributed by atoms with Crippen molar-refractivity contribution < 1.29 is 9.59 Å². The van der Waals surface area contributed by atoms with Crippen molar-refractivity contribution in [2.24, 2.45) is 16.0 Å². The lowest BCUT2D eigenvalue weighted by atomic mass is 10.1. The molecule has 0 aliphatic heterocycles. The quantitative estimate of drug-likeness (QED) is 0.453. The molecule has 70 valence electrons.